The zero-order chi connectivity index (χ0) is 22.0. The molecule has 0 bridgehead atoms. The van der Waals surface area contributed by atoms with Crippen LogP contribution in [0.5, 0.6) is 0 Å². The molecule has 3 fully saturated rings. The van der Waals surface area contributed by atoms with Crippen LogP contribution in [0.3, 0.4) is 0 Å². The van der Waals surface area contributed by atoms with Crippen LogP contribution >= 0.6 is 11.3 Å². The summed E-state index contributed by atoms with van der Waals surface area (Å²) < 4.78 is 29.0. The molecular formula is C19H33N7O3S2. The van der Waals surface area contributed by atoms with Crippen LogP contribution < -0.4 is 10.2 Å². The van der Waals surface area contributed by atoms with Gasteiger partial charge in [-0.1, -0.05) is 18.3 Å². The molecule has 3 saturated heterocycles. The van der Waals surface area contributed by atoms with E-state index in [1.807, 2.05) is 0 Å². The molecule has 3 aliphatic rings. The van der Waals surface area contributed by atoms with Crippen LogP contribution in [0, 0.1) is 11.8 Å². The van der Waals surface area contributed by atoms with Gasteiger partial charge in [-0.05, 0) is 38.6 Å². The van der Waals surface area contributed by atoms with Crippen molar-refractivity contribution in [2.75, 3.05) is 69.6 Å². The second-order valence-corrected chi connectivity index (χ2v) is 11.8. The Kier molecular flexibility index (Phi) is 7.11. The normalized spacial score (nSPS) is 23.9. The minimum absolute atomic E-state index is 0.0927. The van der Waals surface area contributed by atoms with Gasteiger partial charge in [-0.3, -0.25) is 4.79 Å². The molecule has 31 heavy (non-hydrogen) atoms. The van der Waals surface area contributed by atoms with Gasteiger partial charge in [-0.15, -0.1) is 10.2 Å². The van der Waals surface area contributed by atoms with E-state index in [1.165, 1.54) is 11.3 Å². The Morgan fingerprint density at radius 3 is 2.13 bits per heavy atom. The van der Waals surface area contributed by atoms with Crippen LogP contribution in [0.1, 0.15) is 32.6 Å². The highest BCUT2D eigenvalue weighted by Gasteiger charge is 2.36. The van der Waals surface area contributed by atoms with Crippen molar-refractivity contribution in [1.29, 1.82) is 0 Å². The summed E-state index contributed by atoms with van der Waals surface area (Å²) >= 11 is 1.40. The summed E-state index contributed by atoms with van der Waals surface area (Å²) in [6, 6.07) is 0. The minimum atomic E-state index is -3.42. The lowest BCUT2D eigenvalue weighted by Crippen LogP contribution is -2.50. The number of rotatable bonds is 5. The monoisotopic (exact) mass is 471 g/mol. The molecule has 1 amide bonds. The number of hydrogen-bond acceptors (Lipinski definition) is 8. The first-order valence-corrected chi connectivity index (χ1v) is 13.4. The van der Waals surface area contributed by atoms with E-state index >= 15 is 0 Å². The van der Waals surface area contributed by atoms with Crippen LogP contribution in [0.15, 0.2) is 0 Å². The number of nitrogens with zero attached hydrogens (tertiary/aromatic N) is 6. The molecular weight excluding hydrogens is 438 g/mol. The summed E-state index contributed by atoms with van der Waals surface area (Å²) in [5, 5.41) is 12.6. The van der Waals surface area contributed by atoms with Crippen LogP contribution in [-0.2, 0) is 15.0 Å². The maximum atomic E-state index is 12.9. The molecule has 0 unspecified atom stereocenters. The van der Waals surface area contributed by atoms with Crippen LogP contribution in [0.2, 0.25) is 0 Å². The molecule has 4 heterocycles. The fourth-order valence-corrected chi connectivity index (χ4v) is 6.80. The number of amides is 1. The highest BCUT2D eigenvalue weighted by molar-refractivity contribution is 7.86. The largest absolute Gasteiger partial charge is 0.344 e. The molecule has 0 radical (unpaired) electrons. The standard InChI is InChI=1S/C19H33N7O3S2/c1-15-3-7-25(8-4-15)31(28,29)26-9-5-16(6-10-26)17(27)20-18-21-22-19(30-18)24-13-11-23(2)12-14-24/h15-16H,3-14H2,1-2H3,(H,20,21,27). The smallest absolute Gasteiger partial charge is 0.281 e. The van der Waals surface area contributed by atoms with Gasteiger partial charge in [-0.2, -0.15) is 17.0 Å². The lowest BCUT2D eigenvalue weighted by molar-refractivity contribution is -0.120. The average Bonchev–Trinajstić information content (AvgIpc) is 3.23. The molecule has 0 atom stereocenters. The predicted octanol–water partition coefficient (Wildman–Crippen LogP) is 0.917. The maximum Gasteiger partial charge on any atom is 0.281 e. The van der Waals surface area contributed by atoms with Crippen LogP contribution in [0.25, 0.3) is 0 Å². The molecule has 10 nitrogen and oxygen atoms in total. The van der Waals surface area contributed by atoms with Gasteiger partial charge >= 0.3 is 0 Å². The lowest BCUT2D eigenvalue weighted by atomic mass is 9.97. The zero-order valence-electron chi connectivity index (χ0n) is 18.4. The third kappa shape index (κ3) is 5.36. The van der Waals surface area contributed by atoms with Crippen molar-refractivity contribution in [2.45, 2.75) is 32.6 Å². The lowest BCUT2D eigenvalue weighted by Gasteiger charge is -2.36. The van der Waals surface area contributed by atoms with Gasteiger partial charge in [0.1, 0.15) is 0 Å². The molecule has 1 aromatic heterocycles. The van der Waals surface area contributed by atoms with Gasteiger partial charge in [0.15, 0.2) is 0 Å². The SMILES string of the molecule is CC1CCN(S(=O)(=O)N2CCC(C(=O)Nc3nnc(N4CCN(C)CC4)s3)CC2)CC1. The van der Waals surface area contributed by atoms with Gasteiger partial charge < -0.3 is 15.1 Å². The summed E-state index contributed by atoms with van der Waals surface area (Å²) in [6.45, 7) is 7.90. The minimum Gasteiger partial charge on any atom is -0.344 e. The second kappa shape index (κ2) is 9.65. The molecule has 3 aliphatic heterocycles. The van der Waals surface area contributed by atoms with E-state index in [9.17, 15) is 13.2 Å². The van der Waals surface area contributed by atoms with Crippen molar-refractivity contribution in [3.63, 3.8) is 0 Å². The van der Waals surface area contributed by atoms with Gasteiger partial charge in [0.25, 0.3) is 10.2 Å². The predicted molar refractivity (Wildman–Crippen MR) is 121 cm³/mol. The number of likely N-dealkylation sites (N-methyl/N-ethyl adjacent to an activating group) is 1. The topological polar surface area (TPSA) is 102 Å². The van der Waals surface area contributed by atoms with Gasteiger partial charge in [0.2, 0.25) is 16.2 Å². The Balaban J connectivity index is 1.27. The number of piperazine rings is 1. The third-order valence-electron chi connectivity index (χ3n) is 6.64. The molecule has 0 aliphatic carbocycles. The number of carbonyl (C=O) groups is 1. The second-order valence-electron chi connectivity index (χ2n) is 8.93. The fraction of sp³-hybridized carbons (Fsp3) is 0.842. The number of anilines is 2. The van der Waals surface area contributed by atoms with Gasteiger partial charge in [0.05, 0.1) is 0 Å². The average molecular weight is 472 g/mol. The molecule has 12 heteroatoms. The molecule has 1 aromatic rings. The Morgan fingerprint density at radius 1 is 0.935 bits per heavy atom. The number of piperidine rings is 2. The summed E-state index contributed by atoms with van der Waals surface area (Å²) in [7, 11) is -1.32. The van der Waals surface area contributed by atoms with Crippen molar-refractivity contribution in [2.24, 2.45) is 11.8 Å². The highest BCUT2D eigenvalue weighted by Crippen LogP contribution is 2.28. The molecule has 4 rings (SSSR count). The van der Waals surface area contributed by atoms with Gasteiger partial charge in [0, 0.05) is 58.3 Å². The van der Waals surface area contributed by atoms with Crippen molar-refractivity contribution < 1.29 is 13.2 Å². The molecule has 1 N–H and O–H groups in total. The van der Waals surface area contributed by atoms with Crippen molar-refractivity contribution in [1.82, 2.24) is 23.7 Å². The molecule has 0 aromatic carbocycles. The van der Waals surface area contributed by atoms with Crippen LogP contribution in [-0.4, -0.2) is 97.4 Å². The summed E-state index contributed by atoms with van der Waals surface area (Å²) in [5.74, 6) is 0.284. The van der Waals surface area contributed by atoms with Crippen molar-refractivity contribution >= 4 is 37.7 Å². The number of aromatic nitrogens is 2. The van der Waals surface area contributed by atoms with E-state index in [0.29, 0.717) is 50.1 Å². The van der Waals surface area contributed by atoms with E-state index < -0.39 is 10.2 Å². The highest BCUT2D eigenvalue weighted by atomic mass is 32.2. The number of nitrogens with one attached hydrogen (secondary N) is 1. The van der Waals surface area contributed by atoms with Crippen LogP contribution in [0.4, 0.5) is 10.3 Å². The van der Waals surface area contributed by atoms with E-state index in [4.69, 9.17) is 0 Å². The Bertz CT molecular complexity index is 854. The Labute approximate surface area is 188 Å². The van der Waals surface area contributed by atoms with E-state index in [0.717, 1.165) is 44.2 Å². The first-order chi connectivity index (χ1) is 14.8. The maximum absolute atomic E-state index is 12.9. The molecule has 0 spiro atoms. The molecule has 174 valence electrons. The Hall–Kier alpha value is -1.34. The zero-order valence-corrected chi connectivity index (χ0v) is 20.0. The third-order valence-corrected chi connectivity index (χ3v) is 9.57. The fourth-order valence-electron chi connectivity index (χ4n) is 4.33. The Morgan fingerprint density at radius 2 is 1.52 bits per heavy atom. The van der Waals surface area contributed by atoms with Gasteiger partial charge in [-0.25, -0.2) is 0 Å². The first-order valence-electron chi connectivity index (χ1n) is 11.2. The van der Waals surface area contributed by atoms with Crippen molar-refractivity contribution in [3.8, 4) is 0 Å². The quantitative estimate of drug-likeness (QED) is 0.681. The van der Waals surface area contributed by atoms with E-state index in [2.05, 4.69) is 39.3 Å². The summed E-state index contributed by atoms with van der Waals surface area (Å²) in [4.78, 5) is 17.2. The van der Waals surface area contributed by atoms with E-state index in [-0.39, 0.29) is 11.8 Å². The van der Waals surface area contributed by atoms with E-state index in [1.54, 1.807) is 8.61 Å². The molecule has 0 saturated carbocycles. The number of carbonyl (C=O) groups excluding carboxylic acids is 1. The first kappa shape index (κ1) is 22.8. The summed E-state index contributed by atoms with van der Waals surface area (Å²) in [5.41, 5.74) is 0. The van der Waals surface area contributed by atoms with Crippen molar-refractivity contribution in [3.05, 3.63) is 0 Å². The summed E-state index contributed by atoms with van der Waals surface area (Å²) in [6.07, 6.45) is 2.88. The number of hydrogen-bond donors (Lipinski definition) is 1.